The van der Waals surface area contributed by atoms with Crippen molar-refractivity contribution < 1.29 is 28.2 Å². The van der Waals surface area contributed by atoms with E-state index in [2.05, 4.69) is 16.8 Å². The van der Waals surface area contributed by atoms with Crippen molar-refractivity contribution in [2.45, 2.75) is 49.7 Å². The Bertz CT molecular complexity index is 1210. The molecule has 2 N–H and O–H groups in total. The normalized spacial score (nSPS) is 19.8. The molecule has 11 heteroatoms. The van der Waals surface area contributed by atoms with Gasteiger partial charge in [-0.1, -0.05) is 24.8 Å². The second-order valence-corrected chi connectivity index (χ2v) is 12.4. The summed E-state index contributed by atoms with van der Waals surface area (Å²) in [7, 11) is -2.21. The molecule has 0 bridgehead atoms. The lowest BCUT2D eigenvalue weighted by Crippen LogP contribution is -2.50. The van der Waals surface area contributed by atoms with Crippen LogP contribution in [0.3, 0.4) is 0 Å². The molecule has 0 spiro atoms. The van der Waals surface area contributed by atoms with E-state index in [0.29, 0.717) is 5.56 Å². The minimum atomic E-state index is -3.70. The molecule has 2 aromatic rings. The van der Waals surface area contributed by atoms with Crippen LogP contribution in [0.15, 0.2) is 34.0 Å². The quantitative estimate of drug-likeness (QED) is 0.556. The van der Waals surface area contributed by atoms with Gasteiger partial charge in [0.15, 0.2) is 0 Å². The van der Waals surface area contributed by atoms with Crippen molar-refractivity contribution in [1.29, 1.82) is 0 Å². The topological polar surface area (TPSA) is 120 Å². The van der Waals surface area contributed by atoms with E-state index in [1.54, 1.807) is 49.3 Å². The Morgan fingerprint density at radius 1 is 1.43 bits per heavy atom. The van der Waals surface area contributed by atoms with Crippen LogP contribution in [0.5, 0.6) is 5.88 Å². The molecule has 1 amide bonds. The molecule has 35 heavy (non-hydrogen) atoms. The van der Waals surface area contributed by atoms with Crippen LogP contribution >= 0.6 is 11.3 Å². The van der Waals surface area contributed by atoms with E-state index in [1.165, 1.54) is 17.5 Å². The number of aliphatic hydroxyl groups is 2. The monoisotopic (exact) mass is 521 g/mol. The molecule has 0 aromatic carbocycles. The van der Waals surface area contributed by atoms with Crippen molar-refractivity contribution >= 4 is 27.3 Å². The number of aliphatic hydroxyl groups excluding tert-OH is 1. The molecule has 9 nitrogen and oxygen atoms in total. The maximum Gasteiger partial charge on any atom is 0.259 e. The first-order chi connectivity index (χ1) is 16.3. The van der Waals surface area contributed by atoms with E-state index >= 15 is 0 Å². The van der Waals surface area contributed by atoms with E-state index in [0.717, 1.165) is 11.3 Å². The fourth-order valence-corrected chi connectivity index (χ4v) is 5.91. The zero-order valence-corrected chi connectivity index (χ0v) is 22.1. The van der Waals surface area contributed by atoms with Gasteiger partial charge < -0.3 is 19.8 Å². The molecule has 3 rings (SSSR count). The summed E-state index contributed by atoms with van der Waals surface area (Å²) in [5.41, 5.74) is -0.642. The Labute approximate surface area is 210 Å². The number of hydrogen-bond acceptors (Lipinski definition) is 8. The third-order valence-electron chi connectivity index (χ3n) is 5.63. The zero-order chi connectivity index (χ0) is 26.0. The lowest BCUT2D eigenvalue weighted by Gasteiger charge is -2.37. The standard InChI is InChI=1S/C24H31N3O6S2/c1-16-13-27(17(2)15-28)23(29)19-11-18(8-9-24(3,4)30)12-25-22(19)33-20(16)14-26(5)35(31,32)21-7-6-10-34-21/h6-7,10-12,16-17,20,28,30H,13-15H2,1-5H3/t16-,17+,20-/m0/s1. The highest BCUT2D eigenvalue weighted by Crippen LogP contribution is 2.28. The number of carbonyl (C=O) groups excluding carboxylic acids is 1. The first-order valence-corrected chi connectivity index (χ1v) is 13.5. The molecule has 0 radical (unpaired) electrons. The third kappa shape index (κ3) is 6.39. The number of pyridine rings is 1. The van der Waals surface area contributed by atoms with Gasteiger partial charge in [0, 0.05) is 31.3 Å². The predicted molar refractivity (Wildman–Crippen MR) is 133 cm³/mol. The fraction of sp³-hybridized carbons (Fsp3) is 0.500. The van der Waals surface area contributed by atoms with Gasteiger partial charge in [0.05, 0.1) is 19.2 Å². The first-order valence-electron chi connectivity index (χ1n) is 11.2. The molecule has 3 heterocycles. The number of nitrogens with zero attached hydrogens (tertiary/aromatic N) is 3. The molecule has 0 fully saturated rings. The Hall–Kier alpha value is -2.49. The Morgan fingerprint density at radius 2 is 2.14 bits per heavy atom. The predicted octanol–water partition coefficient (Wildman–Crippen LogP) is 1.81. The van der Waals surface area contributed by atoms with Crippen LogP contribution in [-0.2, 0) is 10.0 Å². The summed E-state index contributed by atoms with van der Waals surface area (Å²) in [5, 5.41) is 21.4. The SMILES string of the molecule is C[C@H](CO)N1C[C@H](C)[C@H](CN(C)S(=O)(=O)c2cccs2)Oc2ncc(C#CC(C)(C)O)cc2C1=O. The van der Waals surface area contributed by atoms with Crippen molar-refractivity contribution in [1.82, 2.24) is 14.2 Å². The van der Waals surface area contributed by atoms with Crippen LogP contribution in [-0.4, -0.2) is 83.2 Å². The molecule has 1 aliphatic heterocycles. The lowest BCUT2D eigenvalue weighted by atomic mass is 10.00. The molecule has 190 valence electrons. The lowest BCUT2D eigenvalue weighted by molar-refractivity contribution is 0.0373. The molecular formula is C24H31N3O6S2. The second-order valence-electron chi connectivity index (χ2n) is 9.23. The minimum Gasteiger partial charge on any atom is -0.472 e. The Kier molecular flexibility index (Phi) is 8.24. The summed E-state index contributed by atoms with van der Waals surface area (Å²) in [5.74, 6) is 4.94. The summed E-state index contributed by atoms with van der Waals surface area (Å²) in [4.78, 5) is 19.3. The van der Waals surface area contributed by atoms with Gasteiger partial charge in [0.1, 0.15) is 21.5 Å². The number of likely N-dealkylation sites (N-methyl/N-ethyl adjacent to an activating group) is 1. The van der Waals surface area contributed by atoms with Crippen LogP contribution in [0, 0.1) is 17.8 Å². The maximum absolute atomic E-state index is 13.4. The highest BCUT2D eigenvalue weighted by atomic mass is 32.2. The number of rotatable bonds is 6. The summed E-state index contributed by atoms with van der Waals surface area (Å²) in [6, 6.07) is 4.29. The molecule has 0 unspecified atom stereocenters. The smallest absolute Gasteiger partial charge is 0.259 e. The number of carbonyl (C=O) groups is 1. The van der Waals surface area contributed by atoms with Crippen LogP contribution < -0.4 is 4.74 Å². The minimum absolute atomic E-state index is 0.0400. The number of amides is 1. The van der Waals surface area contributed by atoms with E-state index in [1.807, 2.05) is 6.92 Å². The van der Waals surface area contributed by atoms with Crippen LogP contribution in [0.1, 0.15) is 43.6 Å². The third-order valence-corrected chi connectivity index (χ3v) is 8.83. The van der Waals surface area contributed by atoms with Gasteiger partial charge in [0.25, 0.3) is 15.9 Å². The van der Waals surface area contributed by atoms with Crippen molar-refractivity contribution in [2.24, 2.45) is 5.92 Å². The summed E-state index contributed by atoms with van der Waals surface area (Å²) < 4.78 is 33.6. The number of hydrogen-bond donors (Lipinski definition) is 2. The maximum atomic E-state index is 13.4. The number of aromatic nitrogens is 1. The van der Waals surface area contributed by atoms with E-state index < -0.39 is 27.8 Å². The van der Waals surface area contributed by atoms with Gasteiger partial charge in [-0.25, -0.2) is 13.4 Å². The molecular weight excluding hydrogens is 490 g/mol. The van der Waals surface area contributed by atoms with Gasteiger partial charge in [-0.3, -0.25) is 4.79 Å². The Balaban J connectivity index is 2.00. The van der Waals surface area contributed by atoms with Crippen molar-refractivity contribution in [3.63, 3.8) is 0 Å². The van der Waals surface area contributed by atoms with Crippen LogP contribution in [0.4, 0.5) is 0 Å². The summed E-state index contributed by atoms with van der Waals surface area (Å²) >= 11 is 1.14. The molecule has 3 atom stereocenters. The van der Waals surface area contributed by atoms with Gasteiger partial charge in [-0.15, -0.1) is 11.3 Å². The van der Waals surface area contributed by atoms with Crippen LogP contribution in [0.2, 0.25) is 0 Å². The van der Waals surface area contributed by atoms with Gasteiger partial charge in [-0.05, 0) is 38.3 Å². The number of fused-ring (bicyclic) bond motifs is 1. The molecule has 0 saturated carbocycles. The summed E-state index contributed by atoms with van der Waals surface area (Å²) in [6.07, 6.45) is 0.830. The van der Waals surface area contributed by atoms with Crippen molar-refractivity contribution in [3.8, 4) is 17.7 Å². The van der Waals surface area contributed by atoms with Gasteiger partial charge >= 0.3 is 0 Å². The molecule has 2 aromatic heterocycles. The average Bonchev–Trinajstić information content (AvgIpc) is 3.35. The molecule has 0 aliphatic carbocycles. The van der Waals surface area contributed by atoms with E-state index in [9.17, 15) is 23.4 Å². The second kappa shape index (κ2) is 10.6. The number of thiophene rings is 1. The highest BCUT2D eigenvalue weighted by molar-refractivity contribution is 7.91. The van der Waals surface area contributed by atoms with Gasteiger partial charge in [-0.2, -0.15) is 4.31 Å². The highest BCUT2D eigenvalue weighted by Gasteiger charge is 2.36. The van der Waals surface area contributed by atoms with E-state index in [4.69, 9.17) is 4.74 Å². The Morgan fingerprint density at radius 3 is 2.74 bits per heavy atom. The van der Waals surface area contributed by atoms with E-state index in [-0.39, 0.29) is 47.2 Å². The molecule has 1 aliphatic rings. The number of ether oxygens (including phenoxy) is 1. The number of sulfonamides is 1. The first kappa shape index (κ1) is 27.1. The van der Waals surface area contributed by atoms with Crippen LogP contribution in [0.25, 0.3) is 0 Å². The molecule has 0 saturated heterocycles. The van der Waals surface area contributed by atoms with Crippen molar-refractivity contribution in [3.05, 3.63) is 40.9 Å². The fourth-order valence-electron chi connectivity index (χ4n) is 3.53. The van der Waals surface area contributed by atoms with Gasteiger partial charge in [0.2, 0.25) is 5.88 Å². The zero-order valence-electron chi connectivity index (χ0n) is 20.4. The average molecular weight is 522 g/mol. The summed E-state index contributed by atoms with van der Waals surface area (Å²) in [6.45, 7) is 6.75. The largest absolute Gasteiger partial charge is 0.472 e. The van der Waals surface area contributed by atoms with Crippen molar-refractivity contribution in [2.75, 3.05) is 26.7 Å².